The maximum absolute atomic E-state index is 13.5. The Morgan fingerprint density at radius 3 is 2.57 bits per heavy atom. The molecule has 0 amide bonds. The second-order valence-electron chi connectivity index (χ2n) is 5.99. The van der Waals surface area contributed by atoms with Crippen molar-refractivity contribution in [3.63, 3.8) is 0 Å². The largest absolute Gasteiger partial charge is 0.493 e. The van der Waals surface area contributed by atoms with Gasteiger partial charge in [0.25, 0.3) is 0 Å². The first-order valence-corrected chi connectivity index (χ1v) is 9.60. The van der Waals surface area contributed by atoms with E-state index < -0.39 is 0 Å². The Kier molecular flexibility index (Phi) is 6.66. The van der Waals surface area contributed by atoms with Crippen molar-refractivity contribution in [1.29, 1.82) is 5.26 Å². The number of benzene rings is 3. The van der Waals surface area contributed by atoms with Crippen LogP contribution < -0.4 is 9.47 Å². The lowest BCUT2D eigenvalue weighted by Crippen LogP contribution is -2.00. The van der Waals surface area contributed by atoms with E-state index >= 15 is 0 Å². The summed E-state index contributed by atoms with van der Waals surface area (Å²) in [6, 6.07) is 21.7. The van der Waals surface area contributed by atoms with E-state index in [1.54, 1.807) is 31.4 Å². The Labute approximate surface area is 177 Å². The molecule has 0 heterocycles. The number of hydrogen-bond donors (Lipinski definition) is 0. The van der Waals surface area contributed by atoms with Crippen LogP contribution in [0, 0.1) is 20.7 Å². The zero-order chi connectivity index (χ0) is 19.9. The molecular formula is C23H17FINO2. The van der Waals surface area contributed by atoms with Gasteiger partial charge in [0, 0.05) is 0 Å². The smallest absolute Gasteiger partial charge is 0.174 e. The summed E-state index contributed by atoms with van der Waals surface area (Å²) in [5, 5.41) is 9.49. The van der Waals surface area contributed by atoms with Gasteiger partial charge in [-0.25, -0.2) is 4.39 Å². The molecule has 140 valence electrons. The molecule has 0 radical (unpaired) electrons. The van der Waals surface area contributed by atoms with Crippen molar-refractivity contribution in [1.82, 2.24) is 0 Å². The predicted molar refractivity (Wildman–Crippen MR) is 116 cm³/mol. The minimum atomic E-state index is -0.379. The second kappa shape index (κ2) is 9.38. The highest BCUT2D eigenvalue weighted by atomic mass is 127. The quantitative estimate of drug-likeness (QED) is 0.242. The number of rotatable bonds is 6. The van der Waals surface area contributed by atoms with Crippen LogP contribution in [0.1, 0.15) is 16.7 Å². The van der Waals surface area contributed by atoms with E-state index in [1.165, 1.54) is 12.1 Å². The third-order valence-corrected chi connectivity index (χ3v) is 4.85. The van der Waals surface area contributed by atoms with E-state index in [0.29, 0.717) is 29.2 Å². The second-order valence-corrected chi connectivity index (χ2v) is 7.15. The fourth-order valence-electron chi connectivity index (χ4n) is 2.70. The molecule has 0 saturated carbocycles. The van der Waals surface area contributed by atoms with Crippen LogP contribution in [0.3, 0.4) is 0 Å². The maximum atomic E-state index is 13.5. The lowest BCUT2D eigenvalue weighted by Gasteiger charge is -2.14. The SMILES string of the molecule is COc1cc(/C=C(\C#N)c2cccc(F)c2)cc(I)c1OCc1ccccc1. The highest BCUT2D eigenvalue weighted by Crippen LogP contribution is 2.35. The highest BCUT2D eigenvalue weighted by Gasteiger charge is 2.12. The summed E-state index contributed by atoms with van der Waals surface area (Å²) in [4.78, 5) is 0. The highest BCUT2D eigenvalue weighted by molar-refractivity contribution is 14.1. The van der Waals surface area contributed by atoms with Gasteiger partial charge in [0.05, 0.1) is 22.3 Å². The summed E-state index contributed by atoms with van der Waals surface area (Å²) >= 11 is 2.18. The Morgan fingerprint density at radius 2 is 1.89 bits per heavy atom. The van der Waals surface area contributed by atoms with Gasteiger partial charge in [-0.15, -0.1) is 0 Å². The van der Waals surface area contributed by atoms with Gasteiger partial charge in [0.2, 0.25) is 0 Å². The van der Waals surface area contributed by atoms with Gasteiger partial charge in [-0.2, -0.15) is 5.26 Å². The van der Waals surface area contributed by atoms with Gasteiger partial charge in [-0.05, 0) is 69.6 Å². The third-order valence-electron chi connectivity index (χ3n) is 4.04. The molecule has 0 atom stereocenters. The van der Waals surface area contributed by atoms with E-state index in [2.05, 4.69) is 28.7 Å². The average Bonchev–Trinajstić information content (AvgIpc) is 2.71. The number of allylic oxidation sites excluding steroid dienone is 1. The molecule has 0 aliphatic carbocycles. The number of nitriles is 1. The summed E-state index contributed by atoms with van der Waals surface area (Å²) < 4.78 is 25.8. The van der Waals surface area contributed by atoms with E-state index in [0.717, 1.165) is 14.7 Å². The van der Waals surface area contributed by atoms with Crippen LogP contribution in [-0.2, 0) is 6.61 Å². The number of ether oxygens (including phenoxy) is 2. The Hall–Kier alpha value is -2.85. The maximum Gasteiger partial charge on any atom is 0.174 e. The van der Waals surface area contributed by atoms with Crippen molar-refractivity contribution in [3.8, 4) is 17.6 Å². The molecule has 3 aromatic rings. The van der Waals surface area contributed by atoms with Crippen LogP contribution in [0.5, 0.6) is 11.5 Å². The van der Waals surface area contributed by atoms with Crippen LogP contribution in [-0.4, -0.2) is 7.11 Å². The molecule has 3 nitrogen and oxygen atoms in total. The Balaban J connectivity index is 1.91. The van der Waals surface area contributed by atoms with Gasteiger partial charge in [-0.1, -0.05) is 42.5 Å². The number of halogens is 2. The van der Waals surface area contributed by atoms with Crippen molar-refractivity contribution in [3.05, 3.63) is 92.8 Å². The Morgan fingerprint density at radius 1 is 1.11 bits per heavy atom. The van der Waals surface area contributed by atoms with Crippen molar-refractivity contribution in [2.45, 2.75) is 6.61 Å². The fourth-order valence-corrected chi connectivity index (χ4v) is 3.48. The summed E-state index contributed by atoms with van der Waals surface area (Å²) in [6.07, 6.45) is 1.71. The monoisotopic (exact) mass is 485 g/mol. The van der Waals surface area contributed by atoms with Crippen molar-refractivity contribution in [2.75, 3.05) is 7.11 Å². The predicted octanol–water partition coefficient (Wildman–Crippen LogP) is 6.08. The molecule has 0 aliphatic heterocycles. The standard InChI is InChI=1S/C23H17FINO2/c1-27-22-12-17(10-19(14-26)18-8-5-9-20(24)13-18)11-21(25)23(22)28-15-16-6-3-2-4-7-16/h2-13H,15H2,1H3/b19-10+. The van der Waals surface area contributed by atoms with E-state index in [9.17, 15) is 9.65 Å². The minimum Gasteiger partial charge on any atom is -0.493 e. The summed E-state index contributed by atoms with van der Waals surface area (Å²) in [6.45, 7) is 0.426. The van der Waals surface area contributed by atoms with Crippen LogP contribution in [0.4, 0.5) is 4.39 Å². The van der Waals surface area contributed by atoms with E-state index in [4.69, 9.17) is 9.47 Å². The van der Waals surface area contributed by atoms with Gasteiger partial charge < -0.3 is 9.47 Å². The van der Waals surface area contributed by atoms with Crippen LogP contribution in [0.25, 0.3) is 11.6 Å². The molecular weight excluding hydrogens is 468 g/mol. The van der Waals surface area contributed by atoms with Crippen molar-refractivity contribution < 1.29 is 13.9 Å². The normalized spacial score (nSPS) is 11.0. The lowest BCUT2D eigenvalue weighted by molar-refractivity contribution is 0.282. The van der Waals surface area contributed by atoms with Gasteiger partial charge in [-0.3, -0.25) is 0 Å². The molecule has 0 N–H and O–H groups in total. The average molecular weight is 485 g/mol. The number of hydrogen-bond acceptors (Lipinski definition) is 3. The zero-order valence-electron chi connectivity index (χ0n) is 15.2. The van der Waals surface area contributed by atoms with Crippen molar-refractivity contribution >= 4 is 34.2 Å². The van der Waals surface area contributed by atoms with Gasteiger partial charge >= 0.3 is 0 Å². The molecule has 0 aromatic heterocycles. The summed E-state index contributed by atoms with van der Waals surface area (Å²) in [5.74, 6) is 0.842. The molecule has 5 heteroatoms. The Bertz CT molecular complexity index is 1040. The summed E-state index contributed by atoms with van der Waals surface area (Å²) in [5.41, 5.74) is 2.73. The molecule has 0 spiro atoms. The molecule has 0 fully saturated rings. The first-order chi connectivity index (χ1) is 13.6. The first kappa shape index (κ1) is 19.9. The summed E-state index contributed by atoms with van der Waals surface area (Å²) in [7, 11) is 1.58. The minimum absolute atomic E-state index is 0.371. The molecule has 0 aliphatic rings. The van der Waals surface area contributed by atoms with Crippen LogP contribution >= 0.6 is 22.6 Å². The molecule has 0 bridgehead atoms. The lowest BCUT2D eigenvalue weighted by atomic mass is 10.0. The van der Waals surface area contributed by atoms with Crippen LogP contribution in [0.2, 0.25) is 0 Å². The topological polar surface area (TPSA) is 42.2 Å². The number of nitrogens with zero attached hydrogens (tertiary/aromatic N) is 1. The van der Waals surface area contributed by atoms with Crippen LogP contribution in [0.15, 0.2) is 66.7 Å². The molecule has 0 unspecified atom stereocenters. The molecule has 28 heavy (non-hydrogen) atoms. The third kappa shape index (κ3) is 4.90. The van der Waals surface area contributed by atoms with E-state index in [-0.39, 0.29) is 5.82 Å². The molecule has 3 rings (SSSR count). The number of methoxy groups -OCH3 is 1. The van der Waals surface area contributed by atoms with E-state index in [1.807, 2.05) is 36.4 Å². The van der Waals surface area contributed by atoms with Gasteiger partial charge in [0.1, 0.15) is 12.4 Å². The first-order valence-electron chi connectivity index (χ1n) is 8.52. The van der Waals surface area contributed by atoms with Crippen molar-refractivity contribution in [2.24, 2.45) is 0 Å². The molecule has 0 saturated heterocycles. The zero-order valence-corrected chi connectivity index (χ0v) is 17.3. The fraction of sp³-hybridized carbons (Fsp3) is 0.0870. The van der Waals surface area contributed by atoms with Gasteiger partial charge in [0.15, 0.2) is 11.5 Å². The molecule has 3 aromatic carbocycles.